The first kappa shape index (κ1) is 14.1. The predicted octanol–water partition coefficient (Wildman–Crippen LogP) is 4.69. The Hall–Kier alpha value is -1.83. The van der Waals surface area contributed by atoms with Crippen LogP contribution in [0.15, 0.2) is 48.7 Å². The van der Waals surface area contributed by atoms with Gasteiger partial charge in [-0.2, -0.15) is 0 Å². The Bertz CT molecular complexity index is 544. The summed E-state index contributed by atoms with van der Waals surface area (Å²) in [7, 11) is 0. The first-order chi connectivity index (χ1) is 10.3. The van der Waals surface area contributed by atoms with Gasteiger partial charge < -0.3 is 5.11 Å². The molecule has 1 aromatic heterocycles. The van der Waals surface area contributed by atoms with E-state index in [0.29, 0.717) is 11.7 Å². The van der Waals surface area contributed by atoms with Crippen LogP contribution in [0.4, 0.5) is 0 Å². The Morgan fingerprint density at radius 1 is 1.05 bits per heavy atom. The summed E-state index contributed by atoms with van der Waals surface area (Å²) in [5.74, 6) is 1.68. The fraction of sp³-hybridized carbons (Fsp3) is 0.421. The summed E-state index contributed by atoms with van der Waals surface area (Å²) in [6, 6.07) is 13.8. The molecule has 0 saturated heterocycles. The van der Waals surface area contributed by atoms with Crippen LogP contribution < -0.4 is 0 Å². The van der Waals surface area contributed by atoms with Crippen LogP contribution in [0.3, 0.4) is 0 Å². The molecule has 0 radical (unpaired) electrons. The van der Waals surface area contributed by atoms with Gasteiger partial charge in [-0.05, 0) is 48.6 Å². The molecule has 1 atom stereocenters. The number of hydrogen-bond acceptors (Lipinski definition) is 2. The van der Waals surface area contributed by atoms with Crippen LogP contribution in [0.25, 0.3) is 0 Å². The molecule has 2 nitrogen and oxygen atoms in total. The molecule has 1 aliphatic rings. The fourth-order valence-corrected chi connectivity index (χ4v) is 3.49. The lowest BCUT2D eigenvalue weighted by molar-refractivity contribution is 0.436. The zero-order chi connectivity index (χ0) is 14.5. The molecule has 0 amide bonds. The molecule has 1 aromatic carbocycles. The van der Waals surface area contributed by atoms with E-state index in [1.54, 1.807) is 12.1 Å². The van der Waals surface area contributed by atoms with E-state index in [1.165, 1.54) is 43.4 Å². The van der Waals surface area contributed by atoms with E-state index in [-0.39, 0.29) is 0 Å². The molecule has 0 spiro atoms. The Labute approximate surface area is 126 Å². The van der Waals surface area contributed by atoms with E-state index in [2.05, 4.69) is 17.1 Å². The van der Waals surface area contributed by atoms with Crippen molar-refractivity contribution in [1.82, 2.24) is 4.98 Å². The second-order valence-corrected chi connectivity index (χ2v) is 6.21. The lowest BCUT2D eigenvalue weighted by Crippen LogP contribution is -2.09. The maximum atomic E-state index is 9.43. The standard InChI is InChI=1S/C19H23NO/c21-18-10-8-16(9-11-18)14-17(13-15-5-1-2-6-15)19-7-3-4-12-20-19/h3-4,7-12,15,17,21H,1-2,5-6,13-14H2. The smallest absolute Gasteiger partial charge is 0.115 e. The lowest BCUT2D eigenvalue weighted by Gasteiger charge is -2.20. The van der Waals surface area contributed by atoms with Crippen LogP contribution in [0, 0.1) is 5.92 Å². The molecule has 0 bridgehead atoms. The molecular weight excluding hydrogens is 258 g/mol. The SMILES string of the molecule is Oc1ccc(CC(CC2CCCC2)c2ccccn2)cc1. The Balaban J connectivity index is 1.76. The molecular formula is C19H23NO. The van der Waals surface area contributed by atoms with E-state index < -0.39 is 0 Å². The predicted molar refractivity (Wildman–Crippen MR) is 85.4 cm³/mol. The second kappa shape index (κ2) is 6.75. The third kappa shape index (κ3) is 3.84. The number of hydrogen-bond donors (Lipinski definition) is 1. The molecule has 21 heavy (non-hydrogen) atoms. The molecule has 1 unspecified atom stereocenters. The van der Waals surface area contributed by atoms with Gasteiger partial charge in [0.25, 0.3) is 0 Å². The maximum Gasteiger partial charge on any atom is 0.115 e. The fourth-order valence-electron chi connectivity index (χ4n) is 3.49. The summed E-state index contributed by atoms with van der Waals surface area (Å²) in [5, 5.41) is 9.43. The quantitative estimate of drug-likeness (QED) is 0.862. The van der Waals surface area contributed by atoms with Gasteiger partial charge in [-0.1, -0.05) is 43.9 Å². The van der Waals surface area contributed by atoms with Crippen LogP contribution in [0.2, 0.25) is 0 Å². The summed E-state index contributed by atoms with van der Waals surface area (Å²) < 4.78 is 0. The van der Waals surface area contributed by atoms with Crippen LogP contribution in [0.5, 0.6) is 5.75 Å². The summed E-state index contributed by atoms with van der Waals surface area (Å²) in [6.45, 7) is 0. The van der Waals surface area contributed by atoms with Crippen molar-refractivity contribution >= 4 is 0 Å². The number of aromatic nitrogens is 1. The molecule has 1 heterocycles. The van der Waals surface area contributed by atoms with Gasteiger partial charge in [-0.15, -0.1) is 0 Å². The number of phenolic OH excluding ortho intramolecular Hbond substituents is 1. The largest absolute Gasteiger partial charge is 0.508 e. The van der Waals surface area contributed by atoms with Crippen molar-refractivity contribution in [1.29, 1.82) is 0 Å². The highest BCUT2D eigenvalue weighted by molar-refractivity contribution is 5.27. The van der Waals surface area contributed by atoms with Gasteiger partial charge in [0.2, 0.25) is 0 Å². The van der Waals surface area contributed by atoms with Crippen molar-refractivity contribution in [3.05, 3.63) is 59.9 Å². The number of aromatic hydroxyl groups is 1. The minimum absolute atomic E-state index is 0.337. The third-order valence-electron chi connectivity index (χ3n) is 4.62. The molecule has 2 aromatic rings. The second-order valence-electron chi connectivity index (χ2n) is 6.21. The van der Waals surface area contributed by atoms with Crippen LogP contribution in [-0.4, -0.2) is 10.1 Å². The number of benzene rings is 1. The summed E-state index contributed by atoms with van der Waals surface area (Å²) >= 11 is 0. The zero-order valence-corrected chi connectivity index (χ0v) is 12.4. The van der Waals surface area contributed by atoms with E-state index in [1.807, 2.05) is 24.4 Å². The van der Waals surface area contributed by atoms with Gasteiger partial charge >= 0.3 is 0 Å². The van der Waals surface area contributed by atoms with Gasteiger partial charge in [-0.25, -0.2) is 0 Å². The van der Waals surface area contributed by atoms with Gasteiger partial charge in [0.05, 0.1) is 0 Å². The van der Waals surface area contributed by atoms with Gasteiger partial charge in [0.1, 0.15) is 5.75 Å². The highest BCUT2D eigenvalue weighted by Crippen LogP contribution is 2.35. The first-order valence-corrected chi connectivity index (χ1v) is 8.00. The minimum Gasteiger partial charge on any atom is -0.508 e. The van der Waals surface area contributed by atoms with Crippen LogP contribution in [0.1, 0.15) is 49.3 Å². The number of nitrogens with zero attached hydrogens (tertiary/aromatic N) is 1. The molecule has 2 heteroatoms. The lowest BCUT2D eigenvalue weighted by atomic mass is 9.86. The molecule has 3 rings (SSSR count). The van der Waals surface area contributed by atoms with Crippen LogP contribution >= 0.6 is 0 Å². The average molecular weight is 281 g/mol. The van der Waals surface area contributed by atoms with E-state index in [4.69, 9.17) is 0 Å². The van der Waals surface area contributed by atoms with E-state index >= 15 is 0 Å². The third-order valence-corrected chi connectivity index (χ3v) is 4.62. The maximum absolute atomic E-state index is 9.43. The van der Waals surface area contributed by atoms with Gasteiger partial charge in [-0.3, -0.25) is 4.98 Å². The first-order valence-electron chi connectivity index (χ1n) is 8.00. The monoisotopic (exact) mass is 281 g/mol. The molecule has 0 aliphatic heterocycles. The van der Waals surface area contributed by atoms with E-state index in [0.717, 1.165) is 12.3 Å². The van der Waals surface area contributed by atoms with E-state index in [9.17, 15) is 5.11 Å². The molecule has 1 saturated carbocycles. The molecule has 1 aliphatic carbocycles. The van der Waals surface area contributed by atoms with Crippen LogP contribution in [-0.2, 0) is 6.42 Å². The summed E-state index contributed by atoms with van der Waals surface area (Å²) in [5.41, 5.74) is 2.49. The molecule has 110 valence electrons. The van der Waals surface area contributed by atoms with Crippen molar-refractivity contribution in [2.24, 2.45) is 5.92 Å². The van der Waals surface area contributed by atoms with Crippen molar-refractivity contribution in [3.8, 4) is 5.75 Å². The normalized spacial score (nSPS) is 17.0. The molecule has 1 fully saturated rings. The van der Waals surface area contributed by atoms with Gasteiger partial charge in [0.15, 0.2) is 0 Å². The number of phenols is 1. The Kier molecular flexibility index (Phi) is 4.54. The van der Waals surface area contributed by atoms with Crippen molar-refractivity contribution in [3.63, 3.8) is 0 Å². The van der Waals surface area contributed by atoms with Crippen molar-refractivity contribution < 1.29 is 5.11 Å². The number of rotatable bonds is 5. The van der Waals surface area contributed by atoms with Crippen molar-refractivity contribution in [2.45, 2.75) is 44.4 Å². The zero-order valence-electron chi connectivity index (χ0n) is 12.4. The van der Waals surface area contributed by atoms with Crippen molar-refractivity contribution in [2.75, 3.05) is 0 Å². The molecule has 1 N–H and O–H groups in total. The highest BCUT2D eigenvalue weighted by atomic mass is 16.3. The topological polar surface area (TPSA) is 33.1 Å². The number of pyridine rings is 1. The average Bonchev–Trinajstić information content (AvgIpc) is 3.03. The highest BCUT2D eigenvalue weighted by Gasteiger charge is 2.22. The summed E-state index contributed by atoms with van der Waals surface area (Å²) in [6.07, 6.45) is 9.66. The Morgan fingerprint density at radius 3 is 2.48 bits per heavy atom. The summed E-state index contributed by atoms with van der Waals surface area (Å²) in [4.78, 5) is 4.59. The Morgan fingerprint density at radius 2 is 1.81 bits per heavy atom. The minimum atomic E-state index is 0.337. The van der Waals surface area contributed by atoms with Gasteiger partial charge in [0, 0.05) is 17.8 Å².